The number of carbonyl (C=O) groups is 1. The summed E-state index contributed by atoms with van der Waals surface area (Å²) in [5.74, 6) is -0.0973. The number of nitrogens with one attached hydrogen (secondary N) is 2. The zero-order valence-corrected chi connectivity index (χ0v) is 16.2. The molecule has 0 atom stereocenters. The van der Waals surface area contributed by atoms with Gasteiger partial charge >= 0.3 is 0 Å². The SMILES string of the molecule is Cl.O=C(NC1CCC(N2CCNCC2)CC1)c1ncccc1-n1ccnc1. The summed E-state index contributed by atoms with van der Waals surface area (Å²) in [6.45, 7) is 4.47. The van der Waals surface area contributed by atoms with E-state index in [1.807, 2.05) is 22.9 Å². The van der Waals surface area contributed by atoms with Crippen LogP contribution in [-0.2, 0) is 0 Å². The second-order valence-corrected chi connectivity index (χ2v) is 7.11. The van der Waals surface area contributed by atoms with Crippen LogP contribution in [0.25, 0.3) is 5.69 Å². The van der Waals surface area contributed by atoms with Gasteiger partial charge in [-0.3, -0.25) is 9.69 Å². The molecule has 2 N–H and O–H groups in total. The van der Waals surface area contributed by atoms with Gasteiger partial charge in [0.05, 0.1) is 12.0 Å². The highest BCUT2D eigenvalue weighted by atomic mass is 35.5. The molecule has 1 saturated heterocycles. The number of hydrogen-bond acceptors (Lipinski definition) is 5. The van der Waals surface area contributed by atoms with Crippen molar-refractivity contribution in [2.45, 2.75) is 37.8 Å². The average Bonchev–Trinajstić information content (AvgIpc) is 3.24. The van der Waals surface area contributed by atoms with Crippen molar-refractivity contribution in [1.29, 1.82) is 0 Å². The number of rotatable bonds is 4. The van der Waals surface area contributed by atoms with Crippen molar-refractivity contribution in [1.82, 2.24) is 30.1 Å². The van der Waals surface area contributed by atoms with Gasteiger partial charge in [0.2, 0.25) is 0 Å². The number of carbonyl (C=O) groups excluding carboxylic acids is 1. The maximum atomic E-state index is 12.8. The lowest BCUT2D eigenvalue weighted by atomic mass is 9.89. The van der Waals surface area contributed by atoms with Crippen LogP contribution in [0.1, 0.15) is 36.2 Å². The van der Waals surface area contributed by atoms with E-state index in [-0.39, 0.29) is 24.4 Å². The lowest BCUT2D eigenvalue weighted by Gasteiger charge is -2.39. The highest BCUT2D eigenvalue weighted by Gasteiger charge is 2.28. The second kappa shape index (κ2) is 9.30. The summed E-state index contributed by atoms with van der Waals surface area (Å²) in [6.07, 6.45) is 11.3. The van der Waals surface area contributed by atoms with E-state index in [1.54, 1.807) is 18.7 Å². The van der Waals surface area contributed by atoms with Crippen molar-refractivity contribution in [2.75, 3.05) is 26.2 Å². The summed E-state index contributed by atoms with van der Waals surface area (Å²) in [7, 11) is 0. The van der Waals surface area contributed by atoms with Crippen molar-refractivity contribution >= 4 is 18.3 Å². The van der Waals surface area contributed by atoms with E-state index in [9.17, 15) is 4.79 Å². The third-order valence-electron chi connectivity index (χ3n) is 5.48. The molecule has 8 heteroatoms. The van der Waals surface area contributed by atoms with Gasteiger partial charge < -0.3 is 15.2 Å². The first-order valence-electron chi connectivity index (χ1n) is 9.50. The molecule has 2 aliphatic rings. The van der Waals surface area contributed by atoms with E-state index < -0.39 is 0 Å². The fourth-order valence-corrected chi connectivity index (χ4v) is 4.07. The summed E-state index contributed by atoms with van der Waals surface area (Å²) in [6, 6.07) is 4.64. The molecule has 0 aromatic carbocycles. The monoisotopic (exact) mass is 390 g/mol. The molecule has 0 radical (unpaired) electrons. The topological polar surface area (TPSA) is 75.1 Å². The number of hydrogen-bond donors (Lipinski definition) is 2. The van der Waals surface area contributed by atoms with Crippen LogP contribution in [-0.4, -0.2) is 63.6 Å². The molecule has 0 bridgehead atoms. The second-order valence-electron chi connectivity index (χ2n) is 7.11. The Labute approximate surface area is 166 Å². The van der Waals surface area contributed by atoms with Gasteiger partial charge in [0.25, 0.3) is 5.91 Å². The first kappa shape index (κ1) is 19.8. The largest absolute Gasteiger partial charge is 0.348 e. The number of piperazine rings is 1. The molecule has 7 nitrogen and oxygen atoms in total. The Bertz CT molecular complexity index is 724. The van der Waals surface area contributed by atoms with Gasteiger partial charge in [-0.2, -0.15) is 0 Å². The molecule has 1 aliphatic carbocycles. The van der Waals surface area contributed by atoms with Crippen LogP contribution >= 0.6 is 12.4 Å². The Hall–Kier alpha value is -1.96. The Kier molecular flexibility index (Phi) is 6.82. The van der Waals surface area contributed by atoms with Crippen molar-refractivity contribution in [2.24, 2.45) is 0 Å². The normalized spacial score (nSPS) is 23.4. The lowest BCUT2D eigenvalue weighted by Crippen LogP contribution is -2.51. The zero-order chi connectivity index (χ0) is 17.8. The Morgan fingerprint density at radius 2 is 1.93 bits per heavy atom. The first-order valence-corrected chi connectivity index (χ1v) is 9.50. The summed E-state index contributed by atoms with van der Waals surface area (Å²) < 4.78 is 1.82. The number of aromatic nitrogens is 3. The smallest absolute Gasteiger partial charge is 0.272 e. The average molecular weight is 391 g/mol. The molecule has 27 heavy (non-hydrogen) atoms. The Morgan fingerprint density at radius 1 is 1.15 bits per heavy atom. The van der Waals surface area contributed by atoms with E-state index in [0.717, 1.165) is 57.5 Å². The first-order chi connectivity index (χ1) is 12.8. The molecule has 1 saturated carbocycles. The molecule has 0 unspecified atom stereocenters. The minimum Gasteiger partial charge on any atom is -0.348 e. The molecular formula is C19H27ClN6O. The fraction of sp³-hybridized carbons (Fsp3) is 0.526. The summed E-state index contributed by atoms with van der Waals surface area (Å²) in [5, 5.41) is 6.61. The van der Waals surface area contributed by atoms with Crippen LogP contribution in [0.4, 0.5) is 0 Å². The zero-order valence-electron chi connectivity index (χ0n) is 15.4. The van der Waals surface area contributed by atoms with Crippen LogP contribution in [0, 0.1) is 0 Å². The number of halogens is 1. The van der Waals surface area contributed by atoms with Crippen LogP contribution in [0.5, 0.6) is 0 Å². The van der Waals surface area contributed by atoms with Crippen LogP contribution in [0.15, 0.2) is 37.1 Å². The highest BCUT2D eigenvalue weighted by molar-refractivity contribution is 5.95. The molecule has 2 aromatic rings. The van der Waals surface area contributed by atoms with E-state index in [0.29, 0.717) is 11.7 Å². The summed E-state index contributed by atoms with van der Waals surface area (Å²) in [5.41, 5.74) is 1.21. The van der Waals surface area contributed by atoms with Crippen molar-refractivity contribution in [3.8, 4) is 5.69 Å². The highest BCUT2D eigenvalue weighted by Crippen LogP contribution is 2.24. The number of nitrogens with zero attached hydrogens (tertiary/aromatic N) is 4. The molecule has 146 valence electrons. The molecule has 3 heterocycles. The summed E-state index contributed by atoms with van der Waals surface area (Å²) >= 11 is 0. The number of imidazole rings is 1. The fourth-order valence-electron chi connectivity index (χ4n) is 4.07. The van der Waals surface area contributed by atoms with Gasteiger partial charge in [-0.25, -0.2) is 9.97 Å². The van der Waals surface area contributed by atoms with Gasteiger partial charge in [-0.15, -0.1) is 12.4 Å². The Morgan fingerprint density at radius 3 is 2.63 bits per heavy atom. The van der Waals surface area contributed by atoms with Gasteiger partial charge in [0.15, 0.2) is 5.69 Å². The molecule has 0 spiro atoms. The third kappa shape index (κ3) is 4.66. The van der Waals surface area contributed by atoms with Crippen LogP contribution < -0.4 is 10.6 Å². The lowest BCUT2D eigenvalue weighted by molar-refractivity contribution is 0.0889. The van der Waals surface area contributed by atoms with E-state index in [2.05, 4.69) is 25.5 Å². The number of amides is 1. The van der Waals surface area contributed by atoms with Gasteiger partial charge in [-0.1, -0.05) is 0 Å². The molecule has 2 aromatic heterocycles. The number of pyridine rings is 1. The maximum Gasteiger partial charge on any atom is 0.272 e. The minimum absolute atomic E-state index is 0. The van der Waals surface area contributed by atoms with Gasteiger partial charge in [0, 0.05) is 56.9 Å². The molecule has 2 fully saturated rings. The van der Waals surface area contributed by atoms with Crippen LogP contribution in [0.2, 0.25) is 0 Å². The predicted molar refractivity (Wildman–Crippen MR) is 107 cm³/mol. The van der Waals surface area contributed by atoms with Crippen LogP contribution in [0.3, 0.4) is 0 Å². The van der Waals surface area contributed by atoms with E-state index >= 15 is 0 Å². The third-order valence-corrected chi connectivity index (χ3v) is 5.48. The van der Waals surface area contributed by atoms with E-state index in [1.165, 1.54) is 0 Å². The predicted octanol–water partition coefficient (Wildman–Crippen LogP) is 1.64. The van der Waals surface area contributed by atoms with Crippen molar-refractivity contribution < 1.29 is 4.79 Å². The molecule has 1 amide bonds. The van der Waals surface area contributed by atoms with Crippen molar-refractivity contribution in [3.05, 3.63) is 42.7 Å². The van der Waals surface area contributed by atoms with Crippen molar-refractivity contribution in [3.63, 3.8) is 0 Å². The standard InChI is InChI=1S/C19H26N6O.ClH/c26-19(18-17(2-1-7-22-18)25-13-10-21-14-25)23-15-3-5-16(6-4-15)24-11-8-20-9-12-24;/h1-2,7,10,13-16,20H,3-6,8-9,11-12H2,(H,23,26);1H. The molecule has 4 rings (SSSR count). The molecule has 1 aliphatic heterocycles. The maximum absolute atomic E-state index is 12.8. The molecular weight excluding hydrogens is 364 g/mol. The Balaban J connectivity index is 0.00000210. The summed E-state index contributed by atoms with van der Waals surface area (Å²) in [4.78, 5) is 23.8. The minimum atomic E-state index is -0.0973. The van der Waals surface area contributed by atoms with E-state index in [4.69, 9.17) is 0 Å². The quantitative estimate of drug-likeness (QED) is 0.830. The van der Waals surface area contributed by atoms with Gasteiger partial charge in [-0.05, 0) is 37.8 Å². The van der Waals surface area contributed by atoms with Gasteiger partial charge in [0.1, 0.15) is 0 Å².